The van der Waals surface area contributed by atoms with E-state index in [2.05, 4.69) is 5.32 Å². The van der Waals surface area contributed by atoms with Gasteiger partial charge in [-0.15, -0.1) is 0 Å². The Morgan fingerprint density at radius 2 is 1.72 bits per heavy atom. The normalized spacial score (nSPS) is 17.4. The highest BCUT2D eigenvalue weighted by molar-refractivity contribution is 5.25. The third-order valence-corrected chi connectivity index (χ3v) is 4.62. The van der Waals surface area contributed by atoms with Crippen molar-refractivity contribution < 1.29 is 17.9 Å². The molecule has 1 heterocycles. The maximum Gasteiger partial charge on any atom is 0.416 e. The monoisotopic (exact) mass is 349 g/mol. The topological polar surface area (TPSA) is 21.3 Å². The molecule has 1 saturated heterocycles. The van der Waals surface area contributed by atoms with Crippen LogP contribution in [0.2, 0.25) is 0 Å². The fourth-order valence-corrected chi connectivity index (χ4v) is 3.32. The molecule has 2 aromatic rings. The van der Waals surface area contributed by atoms with Crippen LogP contribution in [0.1, 0.15) is 35.6 Å². The molecule has 2 aromatic carbocycles. The van der Waals surface area contributed by atoms with Crippen LogP contribution in [0, 0.1) is 5.92 Å². The number of hydrogen-bond acceptors (Lipinski definition) is 2. The van der Waals surface area contributed by atoms with Crippen LogP contribution < -0.4 is 5.32 Å². The van der Waals surface area contributed by atoms with Gasteiger partial charge in [0.15, 0.2) is 0 Å². The Kier molecular flexibility index (Phi) is 5.76. The van der Waals surface area contributed by atoms with Crippen LogP contribution in [0.3, 0.4) is 0 Å². The molecular weight excluding hydrogens is 327 g/mol. The standard InChI is InChI=1S/C20H22F3NO/c21-20(22,23)18-8-4-5-15(13-18)14-25-19(16-6-2-1-3-7-16)17-9-11-24-12-10-17/h1-8,13,17,19,24H,9-12,14H2. The smallest absolute Gasteiger partial charge is 0.369 e. The van der Waals surface area contributed by atoms with Crippen molar-refractivity contribution in [3.05, 3.63) is 71.3 Å². The number of rotatable bonds is 5. The predicted octanol–water partition coefficient (Wildman–Crippen LogP) is 4.96. The van der Waals surface area contributed by atoms with Gasteiger partial charge in [0.05, 0.1) is 18.3 Å². The number of piperidine rings is 1. The molecule has 25 heavy (non-hydrogen) atoms. The maximum absolute atomic E-state index is 12.9. The third kappa shape index (κ3) is 4.83. The number of ether oxygens (including phenoxy) is 1. The van der Waals surface area contributed by atoms with E-state index in [4.69, 9.17) is 4.74 Å². The lowest BCUT2D eigenvalue weighted by Gasteiger charge is -2.31. The number of hydrogen-bond donors (Lipinski definition) is 1. The quantitative estimate of drug-likeness (QED) is 0.823. The van der Waals surface area contributed by atoms with E-state index in [1.54, 1.807) is 6.07 Å². The van der Waals surface area contributed by atoms with E-state index in [9.17, 15) is 13.2 Å². The largest absolute Gasteiger partial charge is 0.416 e. The van der Waals surface area contributed by atoms with Crippen LogP contribution in [0.25, 0.3) is 0 Å². The van der Waals surface area contributed by atoms with Crippen LogP contribution in [-0.4, -0.2) is 13.1 Å². The summed E-state index contributed by atoms with van der Waals surface area (Å²) in [4.78, 5) is 0. The molecule has 1 fully saturated rings. The molecule has 0 amide bonds. The minimum Gasteiger partial charge on any atom is -0.369 e. The van der Waals surface area contributed by atoms with Gasteiger partial charge >= 0.3 is 6.18 Å². The Morgan fingerprint density at radius 1 is 1.00 bits per heavy atom. The van der Waals surface area contributed by atoms with Crippen molar-refractivity contribution >= 4 is 0 Å². The lowest BCUT2D eigenvalue weighted by molar-refractivity contribution is -0.137. The second-order valence-corrected chi connectivity index (χ2v) is 6.43. The van der Waals surface area contributed by atoms with E-state index in [1.165, 1.54) is 12.1 Å². The van der Waals surface area contributed by atoms with E-state index in [-0.39, 0.29) is 12.7 Å². The predicted molar refractivity (Wildman–Crippen MR) is 91.0 cm³/mol. The highest BCUT2D eigenvalue weighted by atomic mass is 19.4. The summed E-state index contributed by atoms with van der Waals surface area (Å²) in [6.07, 6.45) is -2.42. The Balaban J connectivity index is 1.74. The van der Waals surface area contributed by atoms with Crippen LogP contribution in [0.5, 0.6) is 0 Å². The van der Waals surface area contributed by atoms with Gasteiger partial charge in [-0.1, -0.05) is 42.5 Å². The molecule has 2 nitrogen and oxygen atoms in total. The first-order valence-corrected chi connectivity index (χ1v) is 8.57. The van der Waals surface area contributed by atoms with Crippen LogP contribution in [-0.2, 0) is 17.5 Å². The first kappa shape index (κ1) is 18.0. The summed E-state index contributed by atoms with van der Waals surface area (Å²) in [5, 5.41) is 3.34. The van der Waals surface area contributed by atoms with E-state index in [1.807, 2.05) is 30.3 Å². The molecule has 1 N–H and O–H groups in total. The molecular formula is C20H22F3NO. The molecule has 0 spiro atoms. The number of benzene rings is 2. The van der Waals surface area contributed by atoms with Crippen molar-refractivity contribution in [2.45, 2.75) is 31.7 Å². The molecule has 0 radical (unpaired) electrons. The zero-order chi connectivity index (χ0) is 17.7. The second kappa shape index (κ2) is 8.02. The van der Waals surface area contributed by atoms with Gasteiger partial charge in [0, 0.05) is 0 Å². The molecule has 0 saturated carbocycles. The van der Waals surface area contributed by atoms with Gasteiger partial charge in [0.2, 0.25) is 0 Å². The average Bonchev–Trinajstić information content (AvgIpc) is 2.63. The maximum atomic E-state index is 12.9. The van der Waals surface area contributed by atoms with Gasteiger partial charge in [-0.05, 0) is 55.1 Å². The summed E-state index contributed by atoms with van der Waals surface area (Å²) in [5.74, 6) is 0.370. The fraction of sp³-hybridized carbons (Fsp3) is 0.400. The Bertz CT molecular complexity index is 666. The highest BCUT2D eigenvalue weighted by Crippen LogP contribution is 2.34. The molecule has 1 unspecified atom stereocenters. The first-order valence-electron chi connectivity index (χ1n) is 8.57. The van der Waals surface area contributed by atoms with Gasteiger partial charge in [-0.2, -0.15) is 13.2 Å². The average molecular weight is 349 g/mol. The van der Waals surface area contributed by atoms with E-state index in [0.29, 0.717) is 11.5 Å². The van der Waals surface area contributed by atoms with Gasteiger partial charge in [-0.3, -0.25) is 0 Å². The van der Waals surface area contributed by atoms with Crippen molar-refractivity contribution in [1.29, 1.82) is 0 Å². The molecule has 1 aliphatic rings. The SMILES string of the molecule is FC(F)(F)c1cccc(COC(c2ccccc2)C2CCNCC2)c1. The summed E-state index contributed by atoms with van der Waals surface area (Å²) in [7, 11) is 0. The van der Waals surface area contributed by atoms with Crippen molar-refractivity contribution in [2.75, 3.05) is 13.1 Å². The van der Waals surface area contributed by atoms with Crippen LogP contribution in [0.4, 0.5) is 13.2 Å². The lowest BCUT2D eigenvalue weighted by atomic mass is 9.88. The summed E-state index contributed by atoms with van der Waals surface area (Å²) in [5.41, 5.74) is 0.998. The minimum absolute atomic E-state index is 0.0992. The van der Waals surface area contributed by atoms with Gasteiger partial charge in [0.1, 0.15) is 0 Å². The number of nitrogens with one attached hydrogen (secondary N) is 1. The fourth-order valence-electron chi connectivity index (χ4n) is 3.32. The molecule has 1 aliphatic heterocycles. The summed E-state index contributed by atoms with van der Waals surface area (Å²) in [6.45, 7) is 2.06. The lowest BCUT2D eigenvalue weighted by Crippen LogP contribution is -2.31. The van der Waals surface area contributed by atoms with Crippen LogP contribution >= 0.6 is 0 Å². The van der Waals surface area contributed by atoms with Crippen molar-refractivity contribution in [1.82, 2.24) is 5.32 Å². The van der Waals surface area contributed by atoms with Crippen molar-refractivity contribution in [3.63, 3.8) is 0 Å². The molecule has 0 bridgehead atoms. The second-order valence-electron chi connectivity index (χ2n) is 6.43. The first-order chi connectivity index (χ1) is 12.0. The van der Waals surface area contributed by atoms with Gasteiger partial charge in [-0.25, -0.2) is 0 Å². The van der Waals surface area contributed by atoms with Crippen molar-refractivity contribution in [2.24, 2.45) is 5.92 Å². The molecule has 1 atom stereocenters. The molecule has 0 aromatic heterocycles. The molecule has 0 aliphatic carbocycles. The molecule has 3 rings (SSSR count). The molecule has 134 valence electrons. The number of alkyl halides is 3. The highest BCUT2D eigenvalue weighted by Gasteiger charge is 2.30. The summed E-state index contributed by atoms with van der Waals surface area (Å²) >= 11 is 0. The molecule has 5 heteroatoms. The van der Waals surface area contributed by atoms with Gasteiger partial charge < -0.3 is 10.1 Å². The minimum atomic E-state index is -4.33. The summed E-state index contributed by atoms with van der Waals surface area (Å²) < 4.78 is 44.8. The van der Waals surface area contributed by atoms with Crippen molar-refractivity contribution in [3.8, 4) is 0 Å². The van der Waals surface area contributed by atoms with E-state index >= 15 is 0 Å². The summed E-state index contributed by atoms with van der Waals surface area (Å²) in [6, 6.07) is 15.3. The zero-order valence-corrected chi connectivity index (χ0v) is 13.9. The Labute approximate surface area is 146 Å². The van der Waals surface area contributed by atoms with Gasteiger partial charge in [0.25, 0.3) is 0 Å². The van der Waals surface area contributed by atoms with Crippen LogP contribution in [0.15, 0.2) is 54.6 Å². The van der Waals surface area contributed by atoms with E-state index in [0.717, 1.165) is 37.6 Å². The van der Waals surface area contributed by atoms with E-state index < -0.39 is 11.7 Å². The number of halogens is 3. The Hall–Kier alpha value is -1.85. The third-order valence-electron chi connectivity index (χ3n) is 4.62. The zero-order valence-electron chi connectivity index (χ0n) is 13.9. The Morgan fingerprint density at radius 3 is 2.40 bits per heavy atom.